The van der Waals surface area contributed by atoms with Gasteiger partial charge in [0.1, 0.15) is 5.82 Å². The first-order chi connectivity index (χ1) is 11.1. The second kappa shape index (κ2) is 6.76. The van der Waals surface area contributed by atoms with Crippen LogP contribution in [-0.4, -0.2) is 20.2 Å². The zero-order valence-electron chi connectivity index (χ0n) is 11.6. The summed E-state index contributed by atoms with van der Waals surface area (Å²) in [6, 6.07) is 11.5. The van der Waals surface area contributed by atoms with Crippen molar-refractivity contribution in [2.75, 3.05) is 5.32 Å². The predicted octanol–water partition coefficient (Wildman–Crippen LogP) is 4.19. The van der Waals surface area contributed by atoms with Gasteiger partial charge in [-0.2, -0.15) is 4.68 Å². The molecule has 8 heteroatoms. The van der Waals surface area contributed by atoms with Gasteiger partial charge in [0.2, 0.25) is 0 Å². The molecule has 0 radical (unpaired) electrons. The van der Waals surface area contributed by atoms with Crippen molar-refractivity contribution < 1.29 is 4.39 Å². The Labute approximate surface area is 141 Å². The maximum atomic E-state index is 13.1. The summed E-state index contributed by atoms with van der Waals surface area (Å²) >= 11 is 11.6. The molecule has 0 aliphatic rings. The Hall–Kier alpha value is -2.44. The standard InChI is InChI=1S/C15H10Cl2FN5/c16-10-1-4-12(5-2-10)23-15(20-21-22-23)7-8-19-11-3-6-14(18)13(17)9-11/h1-9,19H/b8-7+. The number of anilines is 1. The normalized spacial score (nSPS) is 11.1. The third-order valence-corrected chi connectivity index (χ3v) is 3.51. The number of hydrogen-bond acceptors (Lipinski definition) is 4. The number of rotatable bonds is 4. The van der Waals surface area contributed by atoms with Crippen LogP contribution in [0.3, 0.4) is 0 Å². The quantitative estimate of drug-likeness (QED) is 0.767. The second-order valence-corrected chi connectivity index (χ2v) is 5.38. The van der Waals surface area contributed by atoms with Gasteiger partial charge in [0.05, 0.1) is 10.7 Å². The molecule has 1 heterocycles. The average molecular weight is 350 g/mol. The van der Waals surface area contributed by atoms with E-state index in [9.17, 15) is 4.39 Å². The van der Waals surface area contributed by atoms with Gasteiger partial charge < -0.3 is 5.32 Å². The molecule has 0 fully saturated rings. The van der Waals surface area contributed by atoms with Crippen LogP contribution < -0.4 is 5.32 Å². The fourth-order valence-electron chi connectivity index (χ4n) is 1.86. The maximum absolute atomic E-state index is 13.1. The van der Waals surface area contributed by atoms with Crippen LogP contribution in [0.4, 0.5) is 10.1 Å². The Balaban J connectivity index is 1.77. The van der Waals surface area contributed by atoms with Crippen LogP contribution in [0.25, 0.3) is 11.8 Å². The molecule has 1 N–H and O–H groups in total. The molecule has 0 spiro atoms. The second-order valence-electron chi connectivity index (χ2n) is 4.53. The van der Waals surface area contributed by atoms with Gasteiger partial charge in [-0.15, -0.1) is 5.10 Å². The van der Waals surface area contributed by atoms with E-state index in [4.69, 9.17) is 23.2 Å². The van der Waals surface area contributed by atoms with Gasteiger partial charge in [0.15, 0.2) is 5.82 Å². The van der Waals surface area contributed by atoms with Gasteiger partial charge in [-0.25, -0.2) is 4.39 Å². The minimum absolute atomic E-state index is 0.0504. The molecule has 116 valence electrons. The summed E-state index contributed by atoms with van der Waals surface area (Å²) in [5.74, 6) is 0.0564. The molecule has 0 saturated carbocycles. The number of halogens is 3. The highest BCUT2D eigenvalue weighted by molar-refractivity contribution is 6.31. The summed E-state index contributed by atoms with van der Waals surface area (Å²) in [7, 11) is 0. The lowest BCUT2D eigenvalue weighted by atomic mass is 10.3. The van der Waals surface area contributed by atoms with E-state index >= 15 is 0 Å². The highest BCUT2D eigenvalue weighted by atomic mass is 35.5. The van der Waals surface area contributed by atoms with Crippen LogP contribution in [0, 0.1) is 5.82 Å². The minimum Gasteiger partial charge on any atom is -0.362 e. The summed E-state index contributed by atoms with van der Waals surface area (Å²) in [6.07, 6.45) is 3.33. The van der Waals surface area contributed by atoms with E-state index in [0.717, 1.165) is 5.69 Å². The Morgan fingerprint density at radius 3 is 2.61 bits per heavy atom. The first-order valence-electron chi connectivity index (χ1n) is 6.56. The fraction of sp³-hybridized carbons (Fsp3) is 0. The molecule has 0 aliphatic carbocycles. The molecule has 3 rings (SSSR count). The van der Waals surface area contributed by atoms with Crippen molar-refractivity contribution in [1.82, 2.24) is 20.2 Å². The Morgan fingerprint density at radius 1 is 1.09 bits per heavy atom. The molecule has 0 amide bonds. The van der Waals surface area contributed by atoms with E-state index in [-0.39, 0.29) is 5.02 Å². The maximum Gasteiger partial charge on any atom is 0.181 e. The lowest BCUT2D eigenvalue weighted by Crippen LogP contribution is -1.99. The number of nitrogens with zero attached hydrogens (tertiary/aromatic N) is 4. The van der Waals surface area contributed by atoms with Crippen molar-refractivity contribution in [3.05, 3.63) is 70.4 Å². The van der Waals surface area contributed by atoms with E-state index < -0.39 is 5.82 Å². The van der Waals surface area contributed by atoms with Crippen molar-refractivity contribution in [3.8, 4) is 5.69 Å². The number of benzene rings is 2. The molecule has 0 atom stereocenters. The van der Waals surface area contributed by atoms with Crippen LogP contribution in [0.1, 0.15) is 5.82 Å². The van der Waals surface area contributed by atoms with Crippen molar-refractivity contribution in [3.63, 3.8) is 0 Å². The Morgan fingerprint density at radius 2 is 1.87 bits per heavy atom. The SMILES string of the molecule is Fc1ccc(N/C=C/c2nnnn2-c2ccc(Cl)cc2)cc1Cl. The van der Waals surface area contributed by atoms with Gasteiger partial charge in [-0.05, 0) is 52.9 Å². The van der Waals surface area contributed by atoms with Crippen molar-refractivity contribution in [2.24, 2.45) is 0 Å². The topological polar surface area (TPSA) is 55.6 Å². The molecule has 5 nitrogen and oxygen atoms in total. The summed E-state index contributed by atoms with van der Waals surface area (Å²) in [6.45, 7) is 0. The molecule has 0 unspecified atom stereocenters. The predicted molar refractivity (Wildman–Crippen MR) is 88.2 cm³/mol. The highest BCUT2D eigenvalue weighted by Gasteiger charge is 2.05. The molecule has 0 aliphatic heterocycles. The van der Waals surface area contributed by atoms with Gasteiger partial charge in [0, 0.05) is 23.0 Å². The summed E-state index contributed by atoms with van der Waals surface area (Å²) in [5, 5.41) is 15.2. The van der Waals surface area contributed by atoms with Gasteiger partial charge in [0.25, 0.3) is 0 Å². The number of hydrogen-bond donors (Lipinski definition) is 1. The lowest BCUT2D eigenvalue weighted by Gasteiger charge is -2.03. The number of aromatic nitrogens is 4. The molecule has 23 heavy (non-hydrogen) atoms. The smallest absolute Gasteiger partial charge is 0.181 e. The Kier molecular flexibility index (Phi) is 4.55. The first kappa shape index (κ1) is 15.5. The van der Waals surface area contributed by atoms with Crippen LogP contribution in [0.2, 0.25) is 10.0 Å². The summed E-state index contributed by atoms with van der Waals surface area (Å²) in [4.78, 5) is 0. The van der Waals surface area contributed by atoms with Gasteiger partial charge >= 0.3 is 0 Å². The van der Waals surface area contributed by atoms with Crippen molar-refractivity contribution in [1.29, 1.82) is 0 Å². The first-order valence-corrected chi connectivity index (χ1v) is 7.31. The molecular weight excluding hydrogens is 340 g/mol. The van der Waals surface area contributed by atoms with Gasteiger partial charge in [-0.3, -0.25) is 0 Å². The number of nitrogens with one attached hydrogen (secondary N) is 1. The van der Waals surface area contributed by atoms with Crippen LogP contribution >= 0.6 is 23.2 Å². The fourth-order valence-corrected chi connectivity index (χ4v) is 2.17. The zero-order valence-corrected chi connectivity index (χ0v) is 13.1. The van der Waals surface area contributed by atoms with Crippen LogP contribution in [-0.2, 0) is 0 Å². The van der Waals surface area contributed by atoms with E-state index in [1.807, 2.05) is 12.1 Å². The average Bonchev–Trinajstić information content (AvgIpc) is 3.00. The molecule has 0 bridgehead atoms. The minimum atomic E-state index is -0.465. The van der Waals surface area contributed by atoms with E-state index in [0.29, 0.717) is 16.5 Å². The highest BCUT2D eigenvalue weighted by Crippen LogP contribution is 2.19. The van der Waals surface area contributed by atoms with Crippen LogP contribution in [0.15, 0.2) is 48.7 Å². The number of tetrazole rings is 1. The van der Waals surface area contributed by atoms with Crippen LogP contribution in [0.5, 0.6) is 0 Å². The third-order valence-electron chi connectivity index (χ3n) is 2.97. The molecule has 3 aromatic rings. The molecule has 1 aromatic heterocycles. The van der Waals surface area contributed by atoms with Crippen molar-refractivity contribution >= 4 is 35.0 Å². The summed E-state index contributed by atoms with van der Waals surface area (Å²) < 4.78 is 14.7. The summed E-state index contributed by atoms with van der Waals surface area (Å²) in [5.41, 5.74) is 1.43. The Bertz CT molecular complexity index is 845. The largest absolute Gasteiger partial charge is 0.362 e. The molecule has 2 aromatic carbocycles. The van der Waals surface area contributed by atoms with Crippen molar-refractivity contribution in [2.45, 2.75) is 0 Å². The monoisotopic (exact) mass is 349 g/mol. The van der Waals surface area contributed by atoms with E-state index in [2.05, 4.69) is 20.8 Å². The lowest BCUT2D eigenvalue weighted by molar-refractivity contribution is 0.628. The zero-order chi connectivity index (χ0) is 16.2. The molecule has 0 saturated heterocycles. The third kappa shape index (κ3) is 3.67. The van der Waals surface area contributed by atoms with E-state index in [1.54, 1.807) is 35.2 Å². The molecular formula is C15H10Cl2FN5. The van der Waals surface area contributed by atoms with Gasteiger partial charge in [-0.1, -0.05) is 23.2 Å². The van der Waals surface area contributed by atoms with E-state index in [1.165, 1.54) is 12.1 Å².